The predicted molar refractivity (Wildman–Crippen MR) is 132 cm³/mol. The highest BCUT2D eigenvalue weighted by atomic mass is 19.1. The van der Waals surface area contributed by atoms with Crippen LogP contribution >= 0.6 is 0 Å². The van der Waals surface area contributed by atoms with Crippen molar-refractivity contribution in [1.29, 1.82) is 15.8 Å². The van der Waals surface area contributed by atoms with E-state index in [1.54, 1.807) is 0 Å². The lowest BCUT2D eigenvalue weighted by atomic mass is 9.71. The van der Waals surface area contributed by atoms with Crippen LogP contribution in [0.2, 0.25) is 0 Å². The number of urea groups is 1. The molecule has 3 aromatic carbocycles. The Hall–Kier alpha value is -5.47. The highest BCUT2D eigenvalue weighted by Gasteiger charge is 2.56. The van der Waals surface area contributed by atoms with Gasteiger partial charge in [-0.05, 0) is 84.1 Å². The van der Waals surface area contributed by atoms with Crippen molar-refractivity contribution in [3.8, 4) is 18.2 Å². The van der Waals surface area contributed by atoms with E-state index in [2.05, 4.69) is 0 Å². The van der Waals surface area contributed by atoms with Crippen molar-refractivity contribution in [2.75, 3.05) is 7.05 Å². The fourth-order valence-corrected chi connectivity index (χ4v) is 4.79. The molecule has 0 spiro atoms. The van der Waals surface area contributed by atoms with Crippen LogP contribution in [0, 0.1) is 56.9 Å². The van der Waals surface area contributed by atoms with Crippen LogP contribution in [-0.2, 0) is 29.0 Å². The van der Waals surface area contributed by atoms with Gasteiger partial charge in [-0.1, -0.05) is 0 Å². The van der Waals surface area contributed by atoms with Crippen LogP contribution in [0.4, 0.5) is 18.0 Å². The van der Waals surface area contributed by atoms with Gasteiger partial charge in [-0.25, -0.2) is 18.0 Å². The minimum atomic E-state index is -2.25. The molecule has 4 rings (SSSR count). The summed E-state index contributed by atoms with van der Waals surface area (Å²) < 4.78 is 42.6. The van der Waals surface area contributed by atoms with Gasteiger partial charge in [0.05, 0.1) is 41.4 Å². The number of halogens is 3. The van der Waals surface area contributed by atoms with E-state index in [1.807, 2.05) is 18.2 Å². The van der Waals surface area contributed by atoms with E-state index in [1.165, 1.54) is 6.07 Å². The minimum Gasteiger partial charge on any atom is -0.273 e. The molecule has 0 aliphatic carbocycles. The Morgan fingerprint density at radius 3 is 1.50 bits per heavy atom. The maximum absolute atomic E-state index is 14.3. The molecule has 0 saturated carbocycles. The van der Waals surface area contributed by atoms with Crippen LogP contribution in [0.25, 0.3) is 0 Å². The van der Waals surface area contributed by atoms with Crippen LogP contribution < -0.4 is 0 Å². The van der Waals surface area contributed by atoms with Crippen LogP contribution in [0.3, 0.4) is 0 Å². The number of hydrogen-bond donors (Lipinski definition) is 0. The zero-order valence-corrected chi connectivity index (χ0v) is 20.9. The van der Waals surface area contributed by atoms with Crippen molar-refractivity contribution in [2.45, 2.75) is 19.4 Å². The summed E-state index contributed by atoms with van der Waals surface area (Å²) in [6.07, 6.45) is -1.18. The molecular weight excluding hydrogens is 523 g/mol. The van der Waals surface area contributed by atoms with Gasteiger partial charge in [0, 0.05) is 7.05 Å². The van der Waals surface area contributed by atoms with Crippen LogP contribution in [0.5, 0.6) is 0 Å². The maximum Gasteiger partial charge on any atom is 0.333 e. The fraction of sp³-hybridized carbons (Fsp3) is 0.172. The van der Waals surface area contributed by atoms with Crippen LogP contribution in [0.15, 0.2) is 54.6 Å². The Morgan fingerprint density at radius 1 is 0.675 bits per heavy atom. The molecule has 1 aliphatic heterocycles. The molecule has 11 heteroatoms. The van der Waals surface area contributed by atoms with Crippen molar-refractivity contribution < 1.29 is 27.6 Å². The Balaban J connectivity index is 1.93. The summed E-state index contributed by atoms with van der Waals surface area (Å²) >= 11 is 0. The fourth-order valence-electron chi connectivity index (χ4n) is 4.79. The summed E-state index contributed by atoms with van der Waals surface area (Å²) in [7, 11) is 1.10. The standard InChI is InChI=1S/C29H18F3N5O3/c1-36-26(38)29(11-20-8-23(30)5-2-17(20)13-33,12-21-9-24(31)6-3-18(21)14-34)27(39)37(28(36)40)16-22-10-25(32)7-4-19(22)15-35/h2-10H,11-12,16H2,1H3. The summed E-state index contributed by atoms with van der Waals surface area (Å²) in [6, 6.07) is 14.0. The molecule has 1 heterocycles. The Kier molecular flexibility index (Phi) is 7.39. The Morgan fingerprint density at radius 2 is 1.07 bits per heavy atom. The van der Waals surface area contributed by atoms with Crippen LogP contribution in [0.1, 0.15) is 33.4 Å². The van der Waals surface area contributed by atoms with Crippen molar-refractivity contribution >= 4 is 17.8 Å². The smallest absolute Gasteiger partial charge is 0.273 e. The quantitative estimate of drug-likeness (QED) is 0.432. The number of carbonyl (C=O) groups is 3. The molecule has 4 amide bonds. The topological polar surface area (TPSA) is 129 Å². The SMILES string of the molecule is CN1C(=O)N(Cc2cc(F)ccc2C#N)C(=O)C(Cc2cc(F)ccc2C#N)(Cc2cc(F)ccc2C#N)C1=O. The first-order valence-electron chi connectivity index (χ1n) is 11.7. The van der Waals surface area contributed by atoms with E-state index >= 15 is 0 Å². The van der Waals surface area contributed by atoms with E-state index < -0.39 is 60.1 Å². The van der Waals surface area contributed by atoms with E-state index in [4.69, 9.17) is 0 Å². The largest absolute Gasteiger partial charge is 0.333 e. The summed E-state index contributed by atoms with van der Waals surface area (Å²) in [5.41, 5.74) is -2.47. The molecule has 0 unspecified atom stereocenters. The average molecular weight is 541 g/mol. The van der Waals surface area contributed by atoms with E-state index in [9.17, 15) is 43.3 Å². The second kappa shape index (κ2) is 10.7. The zero-order valence-electron chi connectivity index (χ0n) is 20.9. The van der Waals surface area contributed by atoms with E-state index in [0.29, 0.717) is 9.80 Å². The van der Waals surface area contributed by atoms with Gasteiger partial charge in [-0.2, -0.15) is 15.8 Å². The molecule has 0 atom stereocenters. The van der Waals surface area contributed by atoms with Gasteiger partial charge >= 0.3 is 6.03 Å². The number of carbonyl (C=O) groups excluding carboxylic acids is 3. The second-order valence-electron chi connectivity index (χ2n) is 9.21. The highest BCUT2D eigenvalue weighted by molar-refractivity contribution is 6.19. The lowest BCUT2D eigenvalue weighted by molar-refractivity contribution is -0.158. The third-order valence-electron chi connectivity index (χ3n) is 6.76. The molecule has 0 N–H and O–H groups in total. The lowest BCUT2D eigenvalue weighted by Crippen LogP contribution is -2.65. The van der Waals surface area contributed by atoms with Gasteiger partial charge in [0.2, 0.25) is 11.8 Å². The molecule has 1 saturated heterocycles. The molecule has 3 aromatic rings. The predicted octanol–water partition coefficient (Wildman–Crippen LogP) is 4.11. The zero-order chi connectivity index (χ0) is 29.2. The number of benzene rings is 3. The summed E-state index contributed by atoms with van der Waals surface area (Å²) in [4.78, 5) is 42.5. The van der Waals surface area contributed by atoms with Crippen molar-refractivity contribution in [3.05, 3.63) is 105 Å². The van der Waals surface area contributed by atoms with Crippen molar-refractivity contribution in [1.82, 2.24) is 9.80 Å². The normalized spacial score (nSPS) is 14.5. The number of amides is 4. The monoisotopic (exact) mass is 541 g/mol. The van der Waals surface area contributed by atoms with Gasteiger partial charge in [0.15, 0.2) is 0 Å². The van der Waals surface area contributed by atoms with Gasteiger partial charge in [0.1, 0.15) is 22.9 Å². The average Bonchev–Trinajstić information content (AvgIpc) is 2.93. The van der Waals surface area contributed by atoms with Crippen molar-refractivity contribution in [2.24, 2.45) is 5.41 Å². The third kappa shape index (κ3) is 4.87. The maximum atomic E-state index is 14.3. The molecule has 198 valence electrons. The third-order valence-corrected chi connectivity index (χ3v) is 6.76. The number of barbiturate groups is 1. The van der Waals surface area contributed by atoms with Crippen LogP contribution in [-0.4, -0.2) is 34.7 Å². The first kappa shape index (κ1) is 27.6. The first-order valence-corrected chi connectivity index (χ1v) is 11.7. The number of hydrogen-bond acceptors (Lipinski definition) is 6. The number of rotatable bonds is 6. The van der Waals surface area contributed by atoms with Gasteiger partial charge in [0.25, 0.3) is 0 Å². The molecule has 0 radical (unpaired) electrons. The lowest BCUT2D eigenvalue weighted by Gasteiger charge is -2.43. The van der Waals surface area contributed by atoms with E-state index in [0.717, 1.165) is 55.6 Å². The summed E-state index contributed by atoms with van der Waals surface area (Å²) in [5, 5.41) is 28.7. The number of nitrogens with zero attached hydrogens (tertiary/aromatic N) is 5. The second-order valence-corrected chi connectivity index (χ2v) is 9.21. The Bertz CT molecular complexity index is 1630. The molecule has 40 heavy (non-hydrogen) atoms. The highest BCUT2D eigenvalue weighted by Crippen LogP contribution is 2.39. The number of nitriles is 3. The molecule has 0 aromatic heterocycles. The van der Waals surface area contributed by atoms with Gasteiger partial charge < -0.3 is 0 Å². The van der Waals surface area contributed by atoms with Crippen molar-refractivity contribution in [3.63, 3.8) is 0 Å². The molecule has 8 nitrogen and oxygen atoms in total. The Labute approximate surface area is 226 Å². The number of imide groups is 2. The molecule has 0 bridgehead atoms. The molecule has 1 fully saturated rings. The minimum absolute atomic E-state index is 0.0206. The van der Waals surface area contributed by atoms with Gasteiger partial charge in [-0.15, -0.1) is 0 Å². The molecule has 1 aliphatic rings. The summed E-state index contributed by atoms with van der Waals surface area (Å²) in [6.45, 7) is -0.597. The van der Waals surface area contributed by atoms with Gasteiger partial charge in [-0.3, -0.25) is 19.4 Å². The summed E-state index contributed by atoms with van der Waals surface area (Å²) in [5.74, 6) is -4.39. The van der Waals surface area contributed by atoms with E-state index in [-0.39, 0.29) is 33.4 Å². The first-order chi connectivity index (χ1) is 19.0. The molecular formula is C29H18F3N5O3.